The number of hydrogen-bond acceptors (Lipinski definition) is 3. The highest BCUT2D eigenvalue weighted by molar-refractivity contribution is 7.10. The fraction of sp³-hybridized carbons (Fsp3) is 0.312. The summed E-state index contributed by atoms with van der Waals surface area (Å²) in [5, 5.41) is 14.6. The van der Waals surface area contributed by atoms with Crippen LogP contribution in [-0.2, 0) is 6.54 Å². The Hall–Kier alpha value is -1.63. The van der Waals surface area contributed by atoms with Gasteiger partial charge in [-0.25, -0.2) is 0 Å². The van der Waals surface area contributed by atoms with Crippen LogP contribution in [0.5, 0.6) is 0 Å². The first-order valence-corrected chi connectivity index (χ1v) is 7.47. The van der Waals surface area contributed by atoms with E-state index in [4.69, 9.17) is 5.26 Å². The fourth-order valence-corrected chi connectivity index (χ4v) is 2.95. The summed E-state index contributed by atoms with van der Waals surface area (Å²) in [4.78, 5) is 1.39. The van der Waals surface area contributed by atoms with Gasteiger partial charge >= 0.3 is 0 Å². The van der Waals surface area contributed by atoms with Crippen LogP contribution in [-0.4, -0.2) is 0 Å². The summed E-state index contributed by atoms with van der Waals surface area (Å²) < 4.78 is 0. The third-order valence-electron chi connectivity index (χ3n) is 3.07. The second kappa shape index (κ2) is 7.08. The smallest absolute Gasteiger partial charge is 0.0991 e. The number of hydrogen-bond donors (Lipinski definition) is 1. The number of nitrogens with zero attached hydrogens (tertiary/aromatic N) is 1. The largest absolute Gasteiger partial charge is 0.305 e. The summed E-state index contributed by atoms with van der Waals surface area (Å²) >= 11 is 1.80. The lowest BCUT2D eigenvalue weighted by Crippen LogP contribution is -2.20. The molecule has 0 radical (unpaired) electrons. The van der Waals surface area contributed by atoms with Gasteiger partial charge in [-0.2, -0.15) is 5.26 Å². The van der Waals surface area contributed by atoms with Gasteiger partial charge in [0.05, 0.1) is 11.6 Å². The van der Waals surface area contributed by atoms with Crippen molar-refractivity contribution >= 4 is 11.3 Å². The minimum Gasteiger partial charge on any atom is -0.305 e. The Balaban J connectivity index is 2.00. The molecule has 19 heavy (non-hydrogen) atoms. The molecular formula is C16H18N2S. The first kappa shape index (κ1) is 13.8. The number of rotatable bonds is 6. The Morgan fingerprint density at radius 2 is 2.21 bits per heavy atom. The molecule has 1 unspecified atom stereocenters. The maximum Gasteiger partial charge on any atom is 0.0991 e. The van der Waals surface area contributed by atoms with E-state index in [0.29, 0.717) is 6.04 Å². The predicted molar refractivity (Wildman–Crippen MR) is 80.0 cm³/mol. The van der Waals surface area contributed by atoms with Gasteiger partial charge in [0.2, 0.25) is 0 Å². The van der Waals surface area contributed by atoms with Gasteiger partial charge in [-0.15, -0.1) is 11.3 Å². The van der Waals surface area contributed by atoms with Crippen LogP contribution >= 0.6 is 11.3 Å². The molecule has 2 rings (SSSR count). The highest BCUT2D eigenvalue weighted by Gasteiger charge is 2.10. The molecule has 0 amide bonds. The second-order valence-electron chi connectivity index (χ2n) is 4.55. The zero-order chi connectivity index (χ0) is 13.5. The van der Waals surface area contributed by atoms with E-state index in [2.05, 4.69) is 41.9 Å². The van der Waals surface area contributed by atoms with E-state index in [1.165, 1.54) is 4.88 Å². The zero-order valence-electron chi connectivity index (χ0n) is 11.1. The molecule has 1 atom stereocenters. The van der Waals surface area contributed by atoms with Gasteiger partial charge < -0.3 is 5.32 Å². The molecule has 1 aromatic heterocycles. The Morgan fingerprint density at radius 1 is 1.32 bits per heavy atom. The number of nitrogens with one attached hydrogen (secondary N) is 1. The predicted octanol–water partition coefficient (Wildman–Crippen LogP) is 4.25. The molecule has 1 N–H and O–H groups in total. The standard InChI is InChI=1S/C16H18N2S/c1-2-5-15(16-8-4-9-19-16)18-12-14-7-3-6-13(10-14)11-17/h3-4,6-10,15,18H,2,5,12H2,1H3. The van der Waals surface area contributed by atoms with Crippen molar-refractivity contribution in [1.29, 1.82) is 5.26 Å². The van der Waals surface area contributed by atoms with Crippen LogP contribution in [0, 0.1) is 11.3 Å². The van der Waals surface area contributed by atoms with Gasteiger partial charge in [0.15, 0.2) is 0 Å². The van der Waals surface area contributed by atoms with Crippen LogP contribution in [0.4, 0.5) is 0 Å². The fourth-order valence-electron chi connectivity index (χ4n) is 2.12. The first-order chi connectivity index (χ1) is 9.33. The topological polar surface area (TPSA) is 35.8 Å². The van der Waals surface area contributed by atoms with Crippen LogP contribution in [0.3, 0.4) is 0 Å². The maximum atomic E-state index is 8.91. The van der Waals surface area contributed by atoms with Crippen LogP contribution in [0.25, 0.3) is 0 Å². The third kappa shape index (κ3) is 3.92. The maximum absolute atomic E-state index is 8.91. The zero-order valence-corrected chi connectivity index (χ0v) is 11.9. The summed E-state index contributed by atoms with van der Waals surface area (Å²) in [7, 11) is 0. The molecule has 3 heteroatoms. The van der Waals surface area contributed by atoms with Crippen LogP contribution in [0.15, 0.2) is 41.8 Å². The monoisotopic (exact) mass is 270 g/mol. The van der Waals surface area contributed by atoms with Crippen molar-refractivity contribution in [3.05, 3.63) is 57.8 Å². The van der Waals surface area contributed by atoms with Crippen molar-refractivity contribution in [1.82, 2.24) is 5.32 Å². The molecule has 0 aliphatic carbocycles. The average molecular weight is 270 g/mol. The lowest BCUT2D eigenvalue weighted by molar-refractivity contribution is 0.500. The van der Waals surface area contributed by atoms with Crippen molar-refractivity contribution in [3.8, 4) is 6.07 Å². The third-order valence-corrected chi connectivity index (χ3v) is 4.06. The Labute approximate surface area is 118 Å². The van der Waals surface area contributed by atoms with Crippen molar-refractivity contribution in [2.45, 2.75) is 32.4 Å². The molecule has 0 aliphatic heterocycles. The van der Waals surface area contributed by atoms with Crippen LogP contribution in [0.2, 0.25) is 0 Å². The van der Waals surface area contributed by atoms with Crippen molar-refractivity contribution in [3.63, 3.8) is 0 Å². The summed E-state index contributed by atoms with van der Waals surface area (Å²) in [6.45, 7) is 3.01. The SMILES string of the molecule is CCCC(NCc1cccc(C#N)c1)c1cccs1. The number of nitriles is 1. The van der Waals surface area contributed by atoms with E-state index in [0.717, 1.165) is 30.5 Å². The quantitative estimate of drug-likeness (QED) is 0.851. The minimum absolute atomic E-state index is 0.413. The lowest BCUT2D eigenvalue weighted by atomic mass is 10.1. The average Bonchev–Trinajstić information content (AvgIpc) is 2.97. The number of thiophene rings is 1. The van der Waals surface area contributed by atoms with E-state index in [1.807, 2.05) is 18.2 Å². The van der Waals surface area contributed by atoms with E-state index in [9.17, 15) is 0 Å². The van der Waals surface area contributed by atoms with E-state index in [1.54, 1.807) is 11.3 Å². The van der Waals surface area contributed by atoms with Gasteiger partial charge in [0.1, 0.15) is 0 Å². The summed E-state index contributed by atoms with van der Waals surface area (Å²) in [5.41, 5.74) is 1.89. The molecule has 0 saturated carbocycles. The summed E-state index contributed by atoms with van der Waals surface area (Å²) in [6.07, 6.45) is 2.30. The Kier molecular flexibility index (Phi) is 5.14. The molecule has 1 heterocycles. The second-order valence-corrected chi connectivity index (χ2v) is 5.53. The molecule has 0 bridgehead atoms. The van der Waals surface area contributed by atoms with Gasteiger partial charge in [-0.05, 0) is 35.6 Å². The van der Waals surface area contributed by atoms with Crippen LogP contribution < -0.4 is 5.32 Å². The van der Waals surface area contributed by atoms with Crippen LogP contribution in [0.1, 0.15) is 41.8 Å². The summed E-state index contributed by atoms with van der Waals surface area (Å²) in [5.74, 6) is 0. The minimum atomic E-state index is 0.413. The van der Waals surface area contributed by atoms with Gasteiger partial charge in [-0.3, -0.25) is 0 Å². The lowest BCUT2D eigenvalue weighted by Gasteiger charge is -2.16. The Morgan fingerprint density at radius 3 is 2.89 bits per heavy atom. The van der Waals surface area contributed by atoms with Gasteiger partial charge in [0.25, 0.3) is 0 Å². The molecular weight excluding hydrogens is 252 g/mol. The van der Waals surface area contributed by atoms with E-state index < -0.39 is 0 Å². The van der Waals surface area contributed by atoms with Crippen molar-refractivity contribution in [2.24, 2.45) is 0 Å². The highest BCUT2D eigenvalue weighted by atomic mass is 32.1. The number of benzene rings is 1. The molecule has 0 fully saturated rings. The molecule has 0 spiro atoms. The molecule has 0 saturated heterocycles. The van der Waals surface area contributed by atoms with Gasteiger partial charge in [-0.1, -0.05) is 31.5 Å². The molecule has 1 aromatic carbocycles. The van der Waals surface area contributed by atoms with E-state index >= 15 is 0 Å². The Bertz CT molecular complexity index is 540. The van der Waals surface area contributed by atoms with Crippen molar-refractivity contribution < 1.29 is 0 Å². The molecule has 0 aliphatic rings. The van der Waals surface area contributed by atoms with Gasteiger partial charge in [0, 0.05) is 17.5 Å². The summed E-state index contributed by atoms with van der Waals surface area (Å²) in [6, 6.07) is 14.7. The molecule has 2 nitrogen and oxygen atoms in total. The molecule has 2 aromatic rings. The normalized spacial score (nSPS) is 12.0. The molecule has 98 valence electrons. The van der Waals surface area contributed by atoms with Crippen molar-refractivity contribution in [2.75, 3.05) is 0 Å². The highest BCUT2D eigenvalue weighted by Crippen LogP contribution is 2.23. The van der Waals surface area contributed by atoms with E-state index in [-0.39, 0.29) is 0 Å². The first-order valence-electron chi connectivity index (χ1n) is 6.59.